The highest BCUT2D eigenvalue weighted by Crippen LogP contribution is 2.21. The van der Waals surface area contributed by atoms with Crippen molar-refractivity contribution in [2.75, 3.05) is 19.7 Å². The van der Waals surface area contributed by atoms with E-state index in [9.17, 15) is 0 Å². The predicted molar refractivity (Wildman–Crippen MR) is 74.3 cm³/mol. The first kappa shape index (κ1) is 14.2. The minimum absolute atomic E-state index is 0.0275. The molecule has 0 aromatic carbocycles. The summed E-state index contributed by atoms with van der Waals surface area (Å²) in [6, 6.07) is 4.27. The van der Waals surface area contributed by atoms with Gasteiger partial charge in [0.15, 0.2) is 0 Å². The van der Waals surface area contributed by atoms with Crippen LogP contribution in [0.4, 0.5) is 0 Å². The molecule has 0 amide bonds. The normalized spacial score (nSPS) is 12.0. The largest absolute Gasteiger partial charge is 0.375 e. The van der Waals surface area contributed by atoms with Gasteiger partial charge in [-0.25, -0.2) is 0 Å². The van der Waals surface area contributed by atoms with Crippen molar-refractivity contribution < 1.29 is 4.74 Å². The van der Waals surface area contributed by atoms with Gasteiger partial charge in [0.05, 0.1) is 16.0 Å². The molecule has 0 spiro atoms. The maximum atomic E-state index is 5.62. The van der Waals surface area contributed by atoms with Crippen LogP contribution >= 0.6 is 27.3 Å². The van der Waals surface area contributed by atoms with E-state index in [1.807, 2.05) is 0 Å². The Morgan fingerprint density at radius 2 is 2.06 bits per heavy atom. The summed E-state index contributed by atoms with van der Waals surface area (Å²) in [5.74, 6) is 0. The van der Waals surface area contributed by atoms with E-state index in [4.69, 9.17) is 4.74 Å². The van der Waals surface area contributed by atoms with E-state index < -0.39 is 0 Å². The molecule has 0 fully saturated rings. The summed E-state index contributed by atoms with van der Waals surface area (Å²) in [6.07, 6.45) is 1.09. The van der Waals surface area contributed by atoms with Crippen molar-refractivity contribution in [1.82, 2.24) is 5.32 Å². The molecule has 0 aliphatic heterocycles. The molecule has 0 atom stereocenters. The fraction of sp³-hybridized carbons (Fsp3) is 0.667. The molecule has 2 nitrogen and oxygen atoms in total. The van der Waals surface area contributed by atoms with Crippen LogP contribution in [0.3, 0.4) is 0 Å². The molecule has 92 valence electrons. The van der Waals surface area contributed by atoms with Crippen molar-refractivity contribution in [3.8, 4) is 0 Å². The van der Waals surface area contributed by atoms with Gasteiger partial charge in [-0.2, -0.15) is 0 Å². The Hall–Kier alpha value is 0.1000. The van der Waals surface area contributed by atoms with Crippen molar-refractivity contribution in [1.29, 1.82) is 0 Å². The number of hydrogen-bond acceptors (Lipinski definition) is 3. The van der Waals surface area contributed by atoms with Crippen molar-refractivity contribution >= 4 is 27.3 Å². The third-order valence-electron chi connectivity index (χ3n) is 1.99. The number of nitrogens with one attached hydrogen (secondary N) is 1. The van der Waals surface area contributed by atoms with Crippen molar-refractivity contribution in [2.45, 2.75) is 32.8 Å². The molecule has 1 N–H and O–H groups in total. The second kappa shape index (κ2) is 6.74. The quantitative estimate of drug-likeness (QED) is 0.813. The molecule has 0 saturated heterocycles. The van der Waals surface area contributed by atoms with Crippen LogP contribution in [0.15, 0.2) is 15.9 Å². The maximum Gasteiger partial charge on any atom is 0.0701 e. The van der Waals surface area contributed by atoms with Crippen LogP contribution in [-0.4, -0.2) is 25.3 Å². The first-order valence-corrected chi connectivity index (χ1v) is 7.17. The number of rotatable bonds is 6. The molecule has 16 heavy (non-hydrogen) atoms. The fourth-order valence-corrected chi connectivity index (χ4v) is 2.73. The van der Waals surface area contributed by atoms with E-state index in [-0.39, 0.29) is 5.60 Å². The lowest BCUT2D eigenvalue weighted by Gasteiger charge is -2.19. The summed E-state index contributed by atoms with van der Waals surface area (Å²) in [6.45, 7) is 8.95. The summed E-state index contributed by atoms with van der Waals surface area (Å²) >= 11 is 5.27. The van der Waals surface area contributed by atoms with Crippen LogP contribution in [0, 0.1) is 0 Å². The smallest absolute Gasteiger partial charge is 0.0701 e. The van der Waals surface area contributed by atoms with E-state index in [0.717, 1.165) is 26.1 Å². The van der Waals surface area contributed by atoms with Crippen LogP contribution in [0.25, 0.3) is 0 Å². The van der Waals surface area contributed by atoms with Gasteiger partial charge in [0.25, 0.3) is 0 Å². The average Bonchev–Trinajstić information content (AvgIpc) is 2.56. The molecule has 1 heterocycles. The summed E-state index contributed by atoms with van der Waals surface area (Å²) in [5.41, 5.74) is -0.0275. The SMILES string of the molecule is CC(C)(C)OCCNCCc1ccc(Br)s1. The zero-order chi connectivity index (χ0) is 12.0. The minimum Gasteiger partial charge on any atom is -0.375 e. The molecule has 0 radical (unpaired) electrons. The molecule has 0 aliphatic carbocycles. The first-order chi connectivity index (χ1) is 7.47. The summed E-state index contributed by atoms with van der Waals surface area (Å²) in [7, 11) is 0. The highest BCUT2D eigenvalue weighted by Gasteiger charge is 2.08. The van der Waals surface area contributed by atoms with Gasteiger partial charge < -0.3 is 10.1 Å². The third-order valence-corrected chi connectivity index (χ3v) is 3.67. The van der Waals surface area contributed by atoms with Crippen LogP contribution in [0.2, 0.25) is 0 Å². The lowest BCUT2D eigenvalue weighted by molar-refractivity contribution is -0.000706. The van der Waals surface area contributed by atoms with E-state index >= 15 is 0 Å². The minimum atomic E-state index is -0.0275. The molecule has 0 saturated carbocycles. The van der Waals surface area contributed by atoms with Crippen LogP contribution in [0.5, 0.6) is 0 Å². The fourth-order valence-electron chi connectivity index (χ4n) is 1.25. The van der Waals surface area contributed by atoms with Crippen LogP contribution < -0.4 is 5.32 Å². The van der Waals surface area contributed by atoms with Gasteiger partial charge in [0, 0.05) is 18.0 Å². The zero-order valence-electron chi connectivity index (χ0n) is 10.2. The Labute approximate surface area is 111 Å². The summed E-state index contributed by atoms with van der Waals surface area (Å²) in [4.78, 5) is 1.41. The van der Waals surface area contributed by atoms with E-state index in [2.05, 4.69) is 54.2 Å². The Bertz CT molecular complexity index is 306. The molecular weight excluding hydrogens is 286 g/mol. The lowest BCUT2D eigenvalue weighted by Crippen LogP contribution is -2.27. The van der Waals surface area contributed by atoms with E-state index in [1.54, 1.807) is 11.3 Å². The number of halogens is 1. The van der Waals surface area contributed by atoms with Crippen molar-refractivity contribution in [2.24, 2.45) is 0 Å². The van der Waals surface area contributed by atoms with Gasteiger partial charge in [0.1, 0.15) is 0 Å². The molecule has 4 heteroatoms. The highest BCUT2D eigenvalue weighted by molar-refractivity contribution is 9.11. The van der Waals surface area contributed by atoms with Crippen LogP contribution in [-0.2, 0) is 11.2 Å². The standard InChI is InChI=1S/C12H20BrNOS/c1-12(2,3)15-9-8-14-7-6-10-4-5-11(13)16-10/h4-5,14H,6-9H2,1-3H3. The highest BCUT2D eigenvalue weighted by atomic mass is 79.9. The molecule has 1 aromatic heterocycles. The van der Waals surface area contributed by atoms with Crippen molar-refractivity contribution in [3.05, 3.63) is 20.8 Å². The number of thiophene rings is 1. The Morgan fingerprint density at radius 1 is 1.31 bits per heavy atom. The number of hydrogen-bond donors (Lipinski definition) is 1. The van der Waals surface area contributed by atoms with Gasteiger partial charge in [-0.1, -0.05) is 0 Å². The van der Waals surface area contributed by atoms with Gasteiger partial charge in [-0.05, 0) is 55.3 Å². The Morgan fingerprint density at radius 3 is 2.62 bits per heavy atom. The second-order valence-corrected chi connectivity index (χ2v) is 7.21. The topological polar surface area (TPSA) is 21.3 Å². The third kappa shape index (κ3) is 6.63. The monoisotopic (exact) mass is 305 g/mol. The van der Waals surface area contributed by atoms with Gasteiger partial charge >= 0.3 is 0 Å². The summed E-state index contributed by atoms with van der Waals surface area (Å²) in [5, 5.41) is 3.38. The molecule has 0 bridgehead atoms. The first-order valence-electron chi connectivity index (χ1n) is 5.56. The lowest BCUT2D eigenvalue weighted by atomic mass is 10.2. The predicted octanol–water partition coefficient (Wildman–Crippen LogP) is 3.46. The molecule has 0 aliphatic rings. The number of ether oxygens (including phenoxy) is 1. The van der Waals surface area contributed by atoms with Gasteiger partial charge in [-0.15, -0.1) is 11.3 Å². The van der Waals surface area contributed by atoms with E-state index in [0.29, 0.717) is 0 Å². The molecular formula is C12H20BrNOS. The summed E-state index contributed by atoms with van der Waals surface area (Å²) < 4.78 is 6.83. The molecule has 1 rings (SSSR count). The Kier molecular flexibility index (Phi) is 5.97. The molecule has 0 unspecified atom stereocenters. The average molecular weight is 306 g/mol. The van der Waals surface area contributed by atoms with Gasteiger partial charge in [0.2, 0.25) is 0 Å². The van der Waals surface area contributed by atoms with Crippen molar-refractivity contribution in [3.63, 3.8) is 0 Å². The Balaban J connectivity index is 2.00. The molecule has 1 aromatic rings. The van der Waals surface area contributed by atoms with Crippen LogP contribution in [0.1, 0.15) is 25.6 Å². The van der Waals surface area contributed by atoms with E-state index in [1.165, 1.54) is 8.66 Å². The second-order valence-electron chi connectivity index (χ2n) is 4.67. The zero-order valence-corrected chi connectivity index (χ0v) is 12.6. The maximum absolute atomic E-state index is 5.62. The van der Waals surface area contributed by atoms with Gasteiger partial charge in [-0.3, -0.25) is 0 Å².